The van der Waals surface area contributed by atoms with Crippen LogP contribution in [0.2, 0.25) is 0 Å². The number of hydrogen-bond donors (Lipinski definition) is 6. The summed E-state index contributed by atoms with van der Waals surface area (Å²) in [6.45, 7) is 5.35. The van der Waals surface area contributed by atoms with Crippen molar-refractivity contribution in [2.45, 2.75) is 89.8 Å². The van der Waals surface area contributed by atoms with E-state index in [1.54, 1.807) is 12.1 Å². The number of aliphatic hydroxyl groups excluding tert-OH is 2. The molecule has 0 spiro atoms. The number of halogens is 1. The third kappa shape index (κ3) is 5.22. The number of carbonyl (C=O) groups is 2. The van der Waals surface area contributed by atoms with Crippen LogP contribution < -0.4 is 16.3 Å². The number of hydrogen-bond acceptors (Lipinski definition) is 10. The summed E-state index contributed by atoms with van der Waals surface area (Å²) in [5.41, 5.74) is 4.10. The summed E-state index contributed by atoms with van der Waals surface area (Å²) < 4.78 is 0.577. The average molecular weight is 653 g/mol. The Morgan fingerprint density at radius 2 is 1.86 bits per heavy atom. The predicted octanol–water partition coefficient (Wildman–Crippen LogP) is 2.53. The van der Waals surface area contributed by atoms with Gasteiger partial charge in [0.1, 0.15) is 23.8 Å². The highest BCUT2D eigenvalue weighted by Gasteiger charge is 2.68. The number of ketones is 2. The summed E-state index contributed by atoms with van der Waals surface area (Å²) in [5, 5.41) is 48.4. The van der Waals surface area contributed by atoms with Crippen LogP contribution in [0.5, 0.6) is 0 Å². The first-order chi connectivity index (χ1) is 19.4. The SMILES string of the molecule is Br.C[C@]12CCC(=O)C=C1CC[C@@H]1[C@@H]2[C@@H](O)C[C@@]2(C)[C@H]1CC[C@]2(O)C(=O)CO.N=c1nc(N2CCCCC2)cc(N)n1O. The number of nitrogens with one attached hydrogen (secondary N) is 1. The fourth-order valence-electron chi connectivity index (χ4n) is 9.07. The van der Waals surface area contributed by atoms with Crippen LogP contribution in [0, 0.1) is 34.0 Å². The van der Waals surface area contributed by atoms with Crippen LogP contribution in [0.15, 0.2) is 17.7 Å². The number of piperidine rings is 1. The average Bonchev–Trinajstić information content (AvgIpc) is 3.22. The molecule has 0 unspecified atom stereocenters. The van der Waals surface area contributed by atoms with E-state index in [0.717, 1.165) is 51.6 Å². The molecule has 1 aliphatic heterocycles. The first kappa shape index (κ1) is 32.6. The number of rotatable bonds is 3. The number of carbonyl (C=O) groups excluding carboxylic acids is 2. The molecule has 12 heteroatoms. The molecule has 3 saturated carbocycles. The van der Waals surface area contributed by atoms with E-state index in [-0.39, 0.29) is 57.4 Å². The van der Waals surface area contributed by atoms with E-state index in [1.807, 2.05) is 6.92 Å². The lowest BCUT2D eigenvalue weighted by molar-refractivity contribution is -0.182. The molecule has 7 N–H and O–H groups in total. The standard InChI is InChI=1S/C21H30O5.C9H15N5O.BrH/c1-19-7-5-13(23)9-12(19)3-4-14-15-6-8-21(26,17(25)11-22)20(15,2)10-16(24)18(14)19;10-7-6-8(12-9(11)14(7)15)13-4-2-1-3-5-13;/h9,14-16,18,22,24,26H,3-8,10-11H2,1-2H3;6,11,15H,1-5,10H2;1H/t14-,15-,16-,18+,19-,20-,21-;;/m0../s1. The second-order valence-corrected chi connectivity index (χ2v) is 13.3. The Bertz CT molecular complexity index is 1300. The number of aliphatic hydroxyl groups is 3. The van der Waals surface area contributed by atoms with Crippen LogP contribution in [-0.2, 0) is 9.59 Å². The summed E-state index contributed by atoms with van der Waals surface area (Å²) in [4.78, 5) is 30.3. The van der Waals surface area contributed by atoms with E-state index in [2.05, 4.69) is 16.8 Å². The molecule has 0 radical (unpaired) electrons. The minimum Gasteiger partial charge on any atom is -0.423 e. The van der Waals surface area contributed by atoms with Gasteiger partial charge in [0.05, 0.1) is 6.10 Å². The van der Waals surface area contributed by atoms with Gasteiger partial charge in [-0.3, -0.25) is 15.0 Å². The number of nitrogens with zero attached hydrogens (tertiary/aromatic N) is 3. The minimum atomic E-state index is -1.54. The topological polar surface area (TPSA) is 186 Å². The quantitative estimate of drug-likeness (QED) is 0.267. The van der Waals surface area contributed by atoms with Crippen molar-refractivity contribution in [3.05, 3.63) is 23.3 Å². The monoisotopic (exact) mass is 651 g/mol. The number of Topliss-reactive ketones (excluding diaryl/α,β-unsaturated/α-hetero) is 1. The molecule has 1 aromatic rings. The van der Waals surface area contributed by atoms with Gasteiger partial charge in [0.15, 0.2) is 11.6 Å². The van der Waals surface area contributed by atoms with Gasteiger partial charge in [-0.15, -0.1) is 21.7 Å². The van der Waals surface area contributed by atoms with Crippen molar-refractivity contribution >= 4 is 40.2 Å². The van der Waals surface area contributed by atoms with Gasteiger partial charge >= 0.3 is 0 Å². The van der Waals surface area contributed by atoms with E-state index >= 15 is 0 Å². The lowest BCUT2D eigenvalue weighted by Gasteiger charge is -2.60. The van der Waals surface area contributed by atoms with Crippen molar-refractivity contribution in [2.75, 3.05) is 30.3 Å². The molecule has 42 heavy (non-hydrogen) atoms. The summed E-state index contributed by atoms with van der Waals surface area (Å²) in [6.07, 6.45) is 9.26. The zero-order valence-corrected chi connectivity index (χ0v) is 26.3. The molecular weight excluding hydrogens is 606 g/mol. The molecule has 5 aliphatic rings. The Labute approximate surface area is 257 Å². The highest BCUT2D eigenvalue weighted by atomic mass is 79.9. The molecule has 2 heterocycles. The molecule has 1 aromatic heterocycles. The fraction of sp³-hybridized carbons (Fsp3) is 0.733. The van der Waals surface area contributed by atoms with Crippen molar-refractivity contribution in [1.82, 2.24) is 9.71 Å². The molecule has 7 atom stereocenters. The molecule has 4 fully saturated rings. The second-order valence-electron chi connectivity index (χ2n) is 13.3. The van der Waals surface area contributed by atoms with Crippen LogP contribution >= 0.6 is 17.0 Å². The maximum absolute atomic E-state index is 12.4. The van der Waals surface area contributed by atoms with Gasteiger partial charge in [0.2, 0.25) is 0 Å². The highest BCUT2D eigenvalue weighted by Crippen LogP contribution is 2.67. The number of nitrogen functional groups attached to an aromatic ring is 1. The van der Waals surface area contributed by atoms with Crippen molar-refractivity contribution in [3.8, 4) is 0 Å². The summed E-state index contributed by atoms with van der Waals surface area (Å²) >= 11 is 0. The summed E-state index contributed by atoms with van der Waals surface area (Å²) in [6, 6.07) is 1.60. The van der Waals surface area contributed by atoms with Crippen LogP contribution in [0.25, 0.3) is 0 Å². The van der Waals surface area contributed by atoms with E-state index in [4.69, 9.17) is 11.1 Å². The molecule has 4 aliphatic carbocycles. The van der Waals surface area contributed by atoms with Crippen LogP contribution in [0.3, 0.4) is 0 Å². The second kappa shape index (κ2) is 12.0. The Morgan fingerprint density at radius 1 is 1.17 bits per heavy atom. The van der Waals surface area contributed by atoms with Crippen molar-refractivity contribution in [1.29, 1.82) is 5.41 Å². The Hall–Kier alpha value is -2.28. The largest absolute Gasteiger partial charge is 0.423 e. The van der Waals surface area contributed by atoms with Gasteiger partial charge in [0, 0.05) is 31.0 Å². The van der Waals surface area contributed by atoms with Gasteiger partial charge in [-0.05, 0) is 87.0 Å². The van der Waals surface area contributed by atoms with Crippen LogP contribution in [0.1, 0.15) is 78.1 Å². The van der Waals surface area contributed by atoms with Gasteiger partial charge in [-0.1, -0.05) is 19.4 Å². The maximum atomic E-state index is 12.4. The first-order valence-corrected chi connectivity index (χ1v) is 15.0. The van der Waals surface area contributed by atoms with E-state index in [9.17, 15) is 30.1 Å². The van der Waals surface area contributed by atoms with Gasteiger partial charge in [0.25, 0.3) is 5.62 Å². The lowest BCUT2D eigenvalue weighted by atomic mass is 9.45. The van der Waals surface area contributed by atoms with Crippen molar-refractivity contribution in [3.63, 3.8) is 0 Å². The normalized spacial score (nSPS) is 37.2. The van der Waals surface area contributed by atoms with Crippen molar-refractivity contribution in [2.24, 2.45) is 28.6 Å². The molecule has 0 aromatic carbocycles. The van der Waals surface area contributed by atoms with E-state index in [0.29, 0.717) is 29.8 Å². The minimum absolute atomic E-state index is 0. The molecule has 6 rings (SSSR count). The zero-order chi connectivity index (χ0) is 29.7. The molecule has 1 saturated heterocycles. The summed E-state index contributed by atoms with van der Waals surface area (Å²) in [7, 11) is 0. The number of allylic oxidation sites excluding steroid dienone is 1. The fourth-order valence-corrected chi connectivity index (χ4v) is 9.07. The number of aromatic nitrogens is 2. The third-order valence-electron chi connectivity index (χ3n) is 11.3. The smallest absolute Gasteiger partial charge is 0.259 e. The molecule has 0 bridgehead atoms. The number of fused-ring (bicyclic) bond motifs is 5. The predicted molar refractivity (Wildman–Crippen MR) is 161 cm³/mol. The Kier molecular flexibility index (Phi) is 9.33. The Balaban J connectivity index is 0.000000216. The van der Waals surface area contributed by atoms with Gasteiger partial charge < -0.3 is 31.2 Å². The number of anilines is 2. The van der Waals surface area contributed by atoms with Gasteiger partial charge in [-0.25, -0.2) is 0 Å². The number of nitrogens with two attached hydrogens (primary N) is 1. The molecular formula is C30H46BrN5O6. The third-order valence-corrected chi connectivity index (χ3v) is 11.3. The summed E-state index contributed by atoms with van der Waals surface area (Å²) in [5.74, 6) is 0.971. The maximum Gasteiger partial charge on any atom is 0.259 e. The van der Waals surface area contributed by atoms with Gasteiger partial charge in [-0.2, -0.15) is 4.98 Å². The highest BCUT2D eigenvalue weighted by molar-refractivity contribution is 8.93. The van der Waals surface area contributed by atoms with Crippen LogP contribution in [0.4, 0.5) is 11.6 Å². The molecule has 234 valence electrons. The molecule has 11 nitrogen and oxygen atoms in total. The lowest BCUT2D eigenvalue weighted by Crippen LogP contribution is -2.62. The Morgan fingerprint density at radius 3 is 2.50 bits per heavy atom. The van der Waals surface area contributed by atoms with E-state index in [1.165, 1.54) is 12.0 Å². The van der Waals surface area contributed by atoms with Crippen molar-refractivity contribution < 1.29 is 30.1 Å². The van der Waals surface area contributed by atoms with E-state index < -0.39 is 29.5 Å². The zero-order valence-electron chi connectivity index (χ0n) is 24.6. The first-order valence-electron chi connectivity index (χ1n) is 15.0. The molecule has 0 amide bonds. The van der Waals surface area contributed by atoms with Crippen LogP contribution in [-0.4, -0.2) is 73.2 Å².